The van der Waals surface area contributed by atoms with Gasteiger partial charge in [-0.25, -0.2) is 0 Å². The summed E-state index contributed by atoms with van der Waals surface area (Å²) in [5.74, 6) is 2.40. The van der Waals surface area contributed by atoms with Crippen LogP contribution in [0.4, 0.5) is 0 Å². The van der Waals surface area contributed by atoms with Crippen LogP contribution in [0.25, 0.3) is 11.3 Å². The maximum Gasteiger partial charge on any atom is 0.224 e. The van der Waals surface area contributed by atoms with E-state index in [1.807, 2.05) is 36.4 Å². The number of likely N-dealkylation sites (tertiary alicyclic amines) is 1. The van der Waals surface area contributed by atoms with E-state index >= 15 is 0 Å². The van der Waals surface area contributed by atoms with Crippen LogP contribution in [0.3, 0.4) is 0 Å². The topological polar surface area (TPSA) is 62.9 Å². The van der Waals surface area contributed by atoms with Gasteiger partial charge in [0.1, 0.15) is 23.5 Å². The smallest absolute Gasteiger partial charge is 0.224 e. The maximum absolute atomic E-state index is 11.6. The molecule has 1 unspecified atom stereocenters. The first kappa shape index (κ1) is 14.7. The molecule has 1 fully saturated rings. The Kier molecular flexibility index (Phi) is 4.15. The van der Waals surface area contributed by atoms with Gasteiger partial charge in [0, 0.05) is 31.4 Å². The predicted octanol–water partition coefficient (Wildman–Crippen LogP) is 2.44. The molecule has 1 atom stereocenters. The molecule has 116 valence electrons. The number of hydrogen-bond acceptors (Lipinski definition) is 4. The van der Waals surface area contributed by atoms with Gasteiger partial charge in [0.05, 0.1) is 7.11 Å². The fourth-order valence-corrected chi connectivity index (χ4v) is 2.65. The first-order chi connectivity index (χ1) is 10.7. The number of carbonyl (C=O) groups is 1. The lowest BCUT2D eigenvalue weighted by atomic mass is 10.2. The lowest BCUT2D eigenvalue weighted by molar-refractivity contribution is -0.133. The zero-order chi connectivity index (χ0) is 15.5. The SMILES string of the molecule is COc1ccc(-c2ccc(CCN3C(=O)CCC3O)o2)cc1. The van der Waals surface area contributed by atoms with Crippen molar-refractivity contribution in [2.24, 2.45) is 0 Å². The van der Waals surface area contributed by atoms with Gasteiger partial charge in [-0.3, -0.25) is 4.79 Å². The number of furan rings is 1. The Balaban J connectivity index is 1.64. The molecule has 1 N–H and O–H groups in total. The quantitative estimate of drug-likeness (QED) is 0.921. The van der Waals surface area contributed by atoms with Gasteiger partial charge in [0.25, 0.3) is 0 Å². The fourth-order valence-electron chi connectivity index (χ4n) is 2.65. The Labute approximate surface area is 129 Å². The third kappa shape index (κ3) is 2.99. The number of aliphatic hydroxyl groups is 1. The summed E-state index contributed by atoms with van der Waals surface area (Å²) in [6.07, 6.45) is 0.896. The van der Waals surface area contributed by atoms with E-state index in [9.17, 15) is 9.90 Å². The lowest BCUT2D eigenvalue weighted by Gasteiger charge is -2.19. The number of aliphatic hydroxyl groups excluding tert-OH is 1. The molecule has 0 radical (unpaired) electrons. The number of benzene rings is 1. The molecule has 1 aliphatic heterocycles. The minimum Gasteiger partial charge on any atom is -0.497 e. The number of methoxy groups -OCH3 is 1. The second-order valence-electron chi connectivity index (χ2n) is 5.35. The van der Waals surface area contributed by atoms with E-state index in [0.29, 0.717) is 25.8 Å². The van der Waals surface area contributed by atoms with Crippen LogP contribution in [0.15, 0.2) is 40.8 Å². The molecule has 3 rings (SSSR count). The molecule has 1 aromatic carbocycles. The average Bonchev–Trinajstić information content (AvgIpc) is 3.13. The summed E-state index contributed by atoms with van der Waals surface area (Å²) in [5, 5.41) is 9.73. The highest BCUT2D eigenvalue weighted by Crippen LogP contribution is 2.25. The van der Waals surface area contributed by atoms with E-state index in [0.717, 1.165) is 22.8 Å². The van der Waals surface area contributed by atoms with Gasteiger partial charge >= 0.3 is 0 Å². The summed E-state index contributed by atoms with van der Waals surface area (Å²) >= 11 is 0. The Hall–Kier alpha value is -2.27. The normalized spacial score (nSPS) is 18.0. The van der Waals surface area contributed by atoms with Crippen molar-refractivity contribution >= 4 is 5.91 Å². The van der Waals surface area contributed by atoms with Crippen molar-refractivity contribution < 1.29 is 19.1 Å². The van der Waals surface area contributed by atoms with E-state index in [2.05, 4.69) is 0 Å². The summed E-state index contributed by atoms with van der Waals surface area (Å²) in [7, 11) is 1.63. The zero-order valence-corrected chi connectivity index (χ0v) is 12.5. The van der Waals surface area contributed by atoms with Crippen LogP contribution in [0.1, 0.15) is 18.6 Å². The number of ether oxygens (including phenoxy) is 1. The summed E-state index contributed by atoms with van der Waals surface area (Å²) in [4.78, 5) is 13.1. The van der Waals surface area contributed by atoms with E-state index in [1.165, 1.54) is 4.90 Å². The van der Waals surface area contributed by atoms with Crippen LogP contribution < -0.4 is 4.74 Å². The first-order valence-corrected chi connectivity index (χ1v) is 7.38. The number of hydrogen-bond donors (Lipinski definition) is 1. The number of amides is 1. The molecule has 1 amide bonds. The third-order valence-corrected chi connectivity index (χ3v) is 3.93. The molecule has 0 saturated carbocycles. The largest absolute Gasteiger partial charge is 0.497 e. The third-order valence-electron chi connectivity index (χ3n) is 3.93. The molecule has 5 heteroatoms. The molecule has 5 nitrogen and oxygen atoms in total. The summed E-state index contributed by atoms with van der Waals surface area (Å²) in [5.41, 5.74) is 0.976. The van der Waals surface area contributed by atoms with Crippen LogP contribution in [0, 0.1) is 0 Å². The molecule has 2 heterocycles. The average molecular weight is 301 g/mol. The van der Waals surface area contributed by atoms with E-state index in [-0.39, 0.29) is 5.91 Å². The van der Waals surface area contributed by atoms with Crippen molar-refractivity contribution in [3.8, 4) is 17.1 Å². The molecular weight excluding hydrogens is 282 g/mol. The van der Waals surface area contributed by atoms with Crippen LogP contribution in [-0.4, -0.2) is 35.8 Å². The molecule has 2 aromatic rings. The number of nitrogens with zero attached hydrogens (tertiary/aromatic N) is 1. The molecule has 0 aliphatic carbocycles. The minimum absolute atomic E-state index is 0.00874. The van der Waals surface area contributed by atoms with Gasteiger partial charge in [-0.05, 0) is 36.4 Å². The monoisotopic (exact) mass is 301 g/mol. The second kappa shape index (κ2) is 6.23. The summed E-state index contributed by atoms with van der Waals surface area (Å²) in [6, 6.07) is 11.5. The predicted molar refractivity (Wildman–Crippen MR) is 81.4 cm³/mol. The highest BCUT2D eigenvalue weighted by Gasteiger charge is 2.28. The molecule has 1 aromatic heterocycles. The standard InChI is InChI=1S/C17H19NO4/c1-21-13-4-2-12(3-5-13)15-7-6-14(22-15)10-11-18-16(19)8-9-17(18)20/h2-7,16,19H,8-11H2,1H3. The van der Waals surface area contributed by atoms with Crippen molar-refractivity contribution in [1.82, 2.24) is 4.90 Å². The van der Waals surface area contributed by atoms with Gasteiger partial charge in [0.2, 0.25) is 5.91 Å². The van der Waals surface area contributed by atoms with E-state index in [4.69, 9.17) is 9.15 Å². The Morgan fingerprint density at radius 3 is 2.68 bits per heavy atom. The van der Waals surface area contributed by atoms with Crippen LogP contribution in [0.5, 0.6) is 5.75 Å². The Bertz CT molecular complexity index is 647. The molecule has 0 spiro atoms. The minimum atomic E-state index is -0.650. The van der Waals surface area contributed by atoms with Gasteiger partial charge < -0.3 is 19.2 Å². The highest BCUT2D eigenvalue weighted by molar-refractivity contribution is 5.78. The summed E-state index contributed by atoms with van der Waals surface area (Å²) < 4.78 is 10.9. The number of rotatable bonds is 5. The van der Waals surface area contributed by atoms with E-state index in [1.54, 1.807) is 7.11 Å². The van der Waals surface area contributed by atoms with Gasteiger partial charge in [-0.1, -0.05) is 0 Å². The molecule has 1 saturated heterocycles. The van der Waals surface area contributed by atoms with Crippen LogP contribution in [0.2, 0.25) is 0 Å². The Morgan fingerprint density at radius 1 is 1.27 bits per heavy atom. The molecular formula is C17H19NO4. The molecule has 1 aliphatic rings. The second-order valence-corrected chi connectivity index (χ2v) is 5.35. The van der Waals surface area contributed by atoms with Gasteiger partial charge in [0.15, 0.2) is 0 Å². The maximum atomic E-state index is 11.6. The van der Waals surface area contributed by atoms with Crippen molar-refractivity contribution in [2.45, 2.75) is 25.5 Å². The Morgan fingerprint density at radius 2 is 2.05 bits per heavy atom. The van der Waals surface area contributed by atoms with Crippen molar-refractivity contribution in [3.63, 3.8) is 0 Å². The number of carbonyl (C=O) groups excluding carboxylic acids is 1. The highest BCUT2D eigenvalue weighted by atomic mass is 16.5. The van der Waals surface area contributed by atoms with Crippen molar-refractivity contribution in [1.29, 1.82) is 0 Å². The first-order valence-electron chi connectivity index (χ1n) is 7.38. The zero-order valence-electron chi connectivity index (χ0n) is 12.5. The fraction of sp³-hybridized carbons (Fsp3) is 0.353. The lowest BCUT2D eigenvalue weighted by Crippen LogP contribution is -2.34. The molecule has 0 bridgehead atoms. The summed E-state index contributed by atoms with van der Waals surface area (Å²) in [6.45, 7) is 0.482. The van der Waals surface area contributed by atoms with E-state index < -0.39 is 6.23 Å². The molecule has 22 heavy (non-hydrogen) atoms. The van der Waals surface area contributed by atoms with Gasteiger partial charge in [-0.2, -0.15) is 0 Å². The van der Waals surface area contributed by atoms with Crippen molar-refractivity contribution in [3.05, 3.63) is 42.2 Å². The van der Waals surface area contributed by atoms with Crippen LogP contribution in [-0.2, 0) is 11.2 Å². The van der Waals surface area contributed by atoms with Gasteiger partial charge in [-0.15, -0.1) is 0 Å². The van der Waals surface area contributed by atoms with Crippen LogP contribution >= 0.6 is 0 Å². The van der Waals surface area contributed by atoms with Crippen molar-refractivity contribution in [2.75, 3.05) is 13.7 Å².